The van der Waals surface area contributed by atoms with Gasteiger partial charge in [-0.1, -0.05) is 0 Å². The molecular weight excluding hydrogens is 282 g/mol. The van der Waals surface area contributed by atoms with Crippen LogP contribution in [-0.2, 0) is 4.74 Å². The highest BCUT2D eigenvalue weighted by molar-refractivity contribution is 6.28. The summed E-state index contributed by atoms with van der Waals surface area (Å²) in [5.41, 5.74) is 0. The van der Waals surface area contributed by atoms with Gasteiger partial charge in [0.25, 0.3) is 0 Å². The van der Waals surface area contributed by atoms with Gasteiger partial charge in [-0.25, -0.2) is 0 Å². The molecule has 0 amide bonds. The Morgan fingerprint density at radius 1 is 1.35 bits per heavy atom. The van der Waals surface area contributed by atoms with Gasteiger partial charge in [-0.2, -0.15) is 15.0 Å². The maximum absolute atomic E-state index is 8.83. The van der Waals surface area contributed by atoms with Crippen molar-refractivity contribution in [2.45, 2.75) is 25.8 Å². The molecule has 0 bridgehead atoms. The second-order valence-corrected chi connectivity index (χ2v) is 5.08. The first kappa shape index (κ1) is 15.2. The second kappa shape index (κ2) is 7.56. The highest BCUT2D eigenvalue weighted by atomic mass is 35.5. The first-order chi connectivity index (χ1) is 9.69. The van der Waals surface area contributed by atoms with Crippen molar-refractivity contribution in [3.63, 3.8) is 0 Å². The Hall–Kier alpha value is -1.18. The minimum absolute atomic E-state index is 0.165. The lowest BCUT2D eigenvalue weighted by atomic mass is 10.2. The molecule has 2 N–H and O–H groups in total. The van der Waals surface area contributed by atoms with E-state index in [-0.39, 0.29) is 17.9 Å². The predicted octanol–water partition coefficient (Wildman–Crippen LogP) is 0.934. The van der Waals surface area contributed by atoms with Gasteiger partial charge < -0.3 is 20.1 Å². The zero-order valence-electron chi connectivity index (χ0n) is 11.5. The Morgan fingerprint density at radius 2 is 2.10 bits per heavy atom. The Balaban J connectivity index is 2.03. The highest BCUT2D eigenvalue weighted by Crippen LogP contribution is 2.16. The van der Waals surface area contributed by atoms with E-state index in [0.29, 0.717) is 25.1 Å². The molecule has 7 nitrogen and oxygen atoms in total. The van der Waals surface area contributed by atoms with Crippen LogP contribution in [-0.4, -0.2) is 59.0 Å². The maximum atomic E-state index is 8.83. The van der Waals surface area contributed by atoms with E-state index in [1.54, 1.807) is 0 Å². The Kier molecular flexibility index (Phi) is 5.75. The topological polar surface area (TPSA) is 83.4 Å². The zero-order valence-corrected chi connectivity index (χ0v) is 12.3. The van der Waals surface area contributed by atoms with Crippen LogP contribution >= 0.6 is 11.6 Å². The van der Waals surface area contributed by atoms with Crippen LogP contribution in [0.25, 0.3) is 0 Å². The number of aliphatic hydroxyl groups excluding tert-OH is 1. The summed E-state index contributed by atoms with van der Waals surface area (Å²) in [6.07, 6.45) is 1.58. The molecule has 2 rings (SSSR count). The molecule has 8 heteroatoms. The molecule has 1 atom stereocenters. The highest BCUT2D eigenvalue weighted by Gasteiger charge is 2.16. The van der Waals surface area contributed by atoms with Crippen molar-refractivity contribution in [3.8, 4) is 0 Å². The van der Waals surface area contributed by atoms with E-state index in [0.717, 1.165) is 25.9 Å². The largest absolute Gasteiger partial charge is 0.396 e. The summed E-state index contributed by atoms with van der Waals surface area (Å²) >= 11 is 5.96. The van der Waals surface area contributed by atoms with Crippen LogP contribution in [0.4, 0.5) is 11.9 Å². The smallest absolute Gasteiger partial charge is 0.231 e. The van der Waals surface area contributed by atoms with Gasteiger partial charge in [0.05, 0.1) is 13.2 Å². The molecule has 1 unspecified atom stereocenters. The molecule has 1 fully saturated rings. The molecule has 1 aliphatic heterocycles. The lowest BCUT2D eigenvalue weighted by molar-refractivity contribution is 0.122. The van der Waals surface area contributed by atoms with Crippen molar-refractivity contribution in [1.82, 2.24) is 15.0 Å². The summed E-state index contributed by atoms with van der Waals surface area (Å²) in [5, 5.41) is 12.2. The quantitative estimate of drug-likeness (QED) is 0.809. The number of aliphatic hydroxyl groups is 1. The molecular formula is C12H20ClN5O2. The molecule has 0 radical (unpaired) electrons. The normalized spacial score (nSPS) is 17.1. The fourth-order valence-corrected chi connectivity index (χ4v) is 2.15. The van der Waals surface area contributed by atoms with Crippen LogP contribution < -0.4 is 10.2 Å². The Morgan fingerprint density at radius 3 is 2.80 bits per heavy atom. The number of nitrogens with zero attached hydrogens (tertiary/aromatic N) is 4. The number of nitrogens with one attached hydrogen (secondary N) is 1. The number of ether oxygens (including phenoxy) is 1. The maximum Gasteiger partial charge on any atom is 0.231 e. The standard InChI is InChI=1S/C12H20ClN5O2/c1-9(3-2-6-19)14-11-15-10(13)16-12(17-11)18-4-7-20-8-5-18/h9,19H,2-8H2,1H3,(H,14,15,16,17). The average molecular weight is 302 g/mol. The van der Waals surface area contributed by atoms with Crippen LogP contribution in [0.15, 0.2) is 0 Å². The fourth-order valence-electron chi connectivity index (χ4n) is 2.00. The molecule has 0 spiro atoms. The van der Waals surface area contributed by atoms with E-state index in [9.17, 15) is 0 Å². The van der Waals surface area contributed by atoms with Crippen LogP contribution in [0.1, 0.15) is 19.8 Å². The van der Waals surface area contributed by atoms with Gasteiger partial charge in [0.2, 0.25) is 17.2 Å². The van der Waals surface area contributed by atoms with Crippen molar-refractivity contribution in [1.29, 1.82) is 0 Å². The van der Waals surface area contributed by atoms with E-state index < -0.39 is 0 Å². The van der Waals surface area contributed by atoms with Gasteiger partial charge in [-0.05, 0) is 31.4 Å². The van der Waals surface area contributed by atoms with E-state index in [1.807, 2.05) is 11.8 Å². The minimum Gasteiger partial charge on any atom is -0.396 e. The number of morpholine rings is 1. The van der Waals surface area contributed by atoms with Crippen LogP contribution in [0, 0.1) is 0 Å². The third-order valence-electron chi connectivity index (χ3n) is 3.06. The average Bonchev–Trinajstić information content (AvgIpc) is 2.45. The molecule has 0 aliphatic carbocycles. The summed E-state index contributed by atoms with van der Waals surface area (Å²) in [6, 6.07) is 0.165. The number of anilines is 2. The van der Waals surface area contributed by atoms with Crippen LogP contribution in [0.5, 0.6) is 0 Å². The summed E-state index contributed by atoms with van der Waals surface area (Å²) in [6.45, 7) is 5.03. The van der Waals surface area contributed by atoms with Crippen molar-refractivity contribution in [2.75, 3.05) is 43.1 Å². The molecule has 1 aliphatic rings. The van der Waals surface area contributed by atoms with E-state index in [1.165, 1.54) is 0 Å². The molecule has 0 aromatic carbocycles. The van der Waals surface area contributed by atoms with E-state index in [2.05, 4.69) is 20.3 Å². The third kappa shape index (κ3) is 4.43. The molecule has 0 saturated carbocycles. The number of hydrogen-bond acceptors (Lipinski definition) is 7. The molecule has 1 aromatic rings. The number of rotatable bonds is 6. The summed E-state index contributed by atoms with van der Waals surface area (Å²) < 4.78 is 5.31. The van der Waals surface area contributed by atoms with Gasteiger partial charge in [0.15, 0.2) is 0 Å². The lowest BCUT2D eigenvalue weighted by Crippen LogP contribution is -2.37. The lowest BCUT2D eigenvalue weighted by Gasteiger charge is -2.27. The van der Waals surface area contributed by atoms with Gasteiger partial charge >= 0.3 is 0 Å². The van der Waals surface area contributed by atoms with Crippen molar-refractivity contribution >= 4 is 23.5 Å². The summed E-state index contributed by atoms with van der Waals surface area (Å²) in [7, 11) is 0. The van der Waals surface area contributed by atoms with Crippen LogP contribution in [0.3, 0.4) is 0 Å². The van der Waals surface area contributed by atoms with Crippen molar-refractivity contribution < 1.29 is 9.84 Å². The van der Waals surface area contributed by atoms with Gasteiger partial charge in [-0.15, -0.1) is 0 Å². The van der Waals surface area contributed by atoms with Gasteiger partial charge in [0.1, 0.15) is 0 Å². The molecule has 20 heavy (non-hydrogen) atoms. The van der Waals surface area contributed by atoms with E-state index in [4.69, 9.17) is 21.4 Å². The summed E-state index contributed by atoms with van der Waals surface area (Å²) in [5.74, 6) is 1.04. The second-order valence-electron chi connectivity index (χ2n) is 4.74. The SMILES string of the molecule is CC(CCCO)Nc1nc(Cl)nc(N2CCOCC2)n1. The first-order valence-electron chi connectivity index (χ1n) is 6.80. The zero-order chi connectivity index (χ0) is 14.4. The fraction of sp³-hybridized carbons (Fsp3) is 0.750. The third-order valence-corrected chi connectivity index (χ3v) is 3.23. The van der Waals surface area contributed by atoms with Gasteiger partial charge in [0, 0.05) is 25.7 Å². The number of hydrogen-bond donors (Lipinski definition) is 2. The molecule has 1 saturated heterocycles. The minimum atomic E-state index is 0.165. The first-order valence-corrected chi connectivity index (χ1v) is 7.18. The molecule has 2 heterocycles. The van der Waals surface area contributed by atoms with Gasteiger partial charge in [-0.3, -0.25) is 0 Å². The molecule has 112 valence electrons. The summed E-state index contributed by atoms with van der Waals surface area (Å²) in [4.78, 5) is 14.7. The number of aromatic nitrogens is 3. The van der Waals surface area contributed by atoms with E-state index >= 15 is 0 Å². The Labute approximate surface area is 123 Å². The van der Waals surface area contributed by atoms with Crippen LogP contribution in [0.2, 0.25) is 5.28 Å². The Bertz CT molecular complexity index is 428. The monoisotopic (exact) mass is 301 g/mol. The predicted molar refractivity (Wildman–Crippen MR) is 77.3 cm³/mol. The van der Waals surface area contributed by atoms with Crippen molar-refractivity contribution in [2.24, 2.45) is 0 Å². The molecule has 1 aromatic heterocycles. The number of halogens is 1. The van der Waals surface area contributed by atoms with Crippen molar-refractivity contribution in [3.05, 3.63) is 5.28 Å².